The summed E-state index contributed by atoms with van der Waals surface area (Å²) in [7, 11) is 1.81. The molecule has 1 aromatic rings. The lowest BCUT2D eigenvalue weighted by Crippen LogP contribution is -2.36. The van der Waals surface area contributed by atoms with Gasteiger partial charge in [-0.1, -0.05) is 11.6 Å². The average molecular weight is 269 g/mol. The van der Waals surface area contributed by atoms with Crippen molar-refractivity contribution in [1.82, 2.24) is 9.88 Å². The van der Waals surface area contributed by atoms with E-state index >= 15 is 0 Å². The SMILES string of the molecule is CC(C1CC1)N(C)C(=O)c1cnc(NN)c(Cl)c1. The highest BCUT2D eigenvalue weighted by molar-refractivity contribution is 6.33. The minimum absolute atomic E-state index is 0.0626. The van der Waals surface area contributed by atoms with Gasteiger partial charge in [0.15, 0.2) is 5.82 Å². The Labute approximate surface area is 111 Å². The fourth-order valence-corrected chi connectivity index (χ4v) is 2.17. The molecule has 1 saturated carbocycles. The third-order valence-corrected chi connectivity index (χ3v) is 3.75. The second kappa shape index (κ2) is 5.12. The number of nitrogens with two attached hydrogens (primary N) is 1. The summed E-state index contributed by atoms with van der Waals surface area (Å²) in [6.45, 7) is 2.07. The van der Waals surface area contributed by atoms with Crippen molar-refractivity contribution in [3.63, 3.8) is 0 Å². The largest absolute Gasteiger partial charge is 0.339 e. The highest BCUT2D eigenvalue weighted by atomic mass is 35.5. The Balaban J connectivity index is 2.14. The molecule has 0 aromatic carbocycles. The first-order valence-electron chi connectivity index (χ1n) is 5.94. The predicted octanol–water partition coefficient (Wildman–Crippen LogP) is 1.89. The number of nitrogen functional groups attached to an aromatic ring is 1. The number of hydrazine groups is 1. The van der Waals surface area contributed by atoms with Crippen LogP contribution in [0.3, 0.4) is 0 Å². The van der Waals surface area contributed by atoms with Crippen molar-refractivity contribution in [2.75, 3.05) is 12.5 Å². The summed E-state index contributed by atoms with van der Waals surface area (Å²) >= 11 is 5.96. The van der Waals surface area contributed by atoms with Gasteiger partial charge >= 0.3 is 0 Å². The predicted molar refractivity (Wildman–Crippen MR) is 71.3 cm³/mol. The van der Waals surface area contributed by atoms with E-state index in [1.807, 2.05) is 7.05 Å². The molecule has 0 bridgehead atoms. The molecule has 2 rings (SSSR count). The standard InChI is InChI=1S/C12H17ClN4O/c1-7(8-3-4-8)17(2)12(18)9-5-10(13)11(16-14)15-6-9/h5-8H,3-4,14H2,1-2H3,(H,15,16). The van der Waals surface area contributed by atoms with Crippen LogP contribution >= 0.6 is 11.6 Å². The molecule has 6 heteroatoms. The Hall–Kier alpha value is -1.33. The number of carbonyl (C=O) groups is 1. The van der Waals surface area contributed by atoms with Crippen LogP contribution in [0.25, 0.3) is 0 Å². The highest BCUT2D eigenvalue weighted by Crippen LogP contribution is 2.35. The number of rotatable bonds is 4. The number of halogens is 1. The second-order valence-electron chi connectivity index (χ2n) is 4.69. The molecule has 1 atom stereocenters. The van der Waals surface area contributed by atoms with Gasteiger partial charge in [-0.15, -0.1) is 0 Å². The number of nitrogens with one attached hydrogen (secondary N) is 1. The van der Waals surface area contributed by atoms with Crippen molar-refractivity contribution in [1.29, 1.82) is 0 Å². The summed E-state index contributed by atoms with van der Waals surface area (Å²) in [6, 6.07) is 1.84. The normalized spacial score (nSPS) is 16.2. The monoisotopic (exact) mass is 268 g/mol. The molecule has 0 radical (unpaired) electrons. The van der Waals surface area contributed by atoms with E-state index in [0.29, 0.717) is 22.3 Å². The molecular weight excluding hydrogens is 252 g/mol. The molecule has 1 unspecified atom stereocenters. The van der Waals surface area contributed by atoms with Gasteiger partial charge in [-0.2, -0.15) is 0 Å². The lowest BCUT2D eigenvalue weighted by atomic mass is 10.1. The zero-order valence-electron chi connectivity index (χ0n) is 10.5. The minimum atomic E-state index is -0.0626. The van der Waals surface area contributed by atoms with Gasteiger partial charge in [0, 0.05) is 19.3 Å². The fraction of sp³-hybridized carbons (Fsp3) is 0.500. The summed E-state index contributed by atoms with van der Waals surface area (Å²) in [5, 5.41) is 0.343. The molecule has 1 amide bonds. The Morgan fingerprint density at radius 2 is 2.33 bits per heavy atom. The molecule has 18 heavy (non-hydrogen) atoms. The molecule has 3 N–H and O–H groups in total. The maximum Gasteiger partial charge on any atom is 0.255 e. The lowest BCUT2D eigenvalue weighted by Gasteiger charge is -2.25. The molecule has 0 spiro atoms. The summed E-state index contributed by atoms with van der Waals surface area (Å²) in [5.74, 6) is 6.18. The summed E-state index contributed by atoms with van der Waals surface area (Å²) in [4.78, 5) is 18.0. The van der Waals surface area contributed by atoms with E-state index < -0.39 is 0 Å². The Kier molecular flexibility index (Phi) is 3.73. The molecule has 98 valence electrons. The topological polar surface area (TPSA) is 71.2 Å². The molecule has 1 fully saturated rings. The Morgan fingerprint density at radius 3 is 2.83 bits per heavy atom. The van der Waals surface area contributed by atoms with Gasteiger partial charge in [0.1, 0.15) is 0 Å². The number of anilines is 1. The van der Waals surface area contributed by atoms with Gasteiger partial charge in [-0.25, -0.2) is 10.8 Å². The molecule has 1 heterocycles. The molecule has 5 nitrogen and oxygen atoms in total. The highest BCUT2D eigenvalue weighted by Gasteiger charge is 2.32. The lowest BCUT2D eigenvalue weighted by molar-refractivity contribution is 0.0727. The van der Waals surface area contributed by atoms with E-state index in [0.717, 1.165) is 0 Å². The van der Waals surface area contributed by atoms with Crippen LogP contribution in [0.15, 0.2) is 12.3 Å². The second-order valence-corrected chi connectivity index (χ2v) is 5.10. The first kappa shape index (κ1) is 13.1. The van der Waals surface area contributed by atoms with Gasteiger partial charge in [-0.05, 0) is 31.7 Å². The van der Waals surface area contributed by atoms with Crippen molar-refractivity contribution < 1.29 is 4.79 Å². The van der Waals surface area contributed by atoms with Crippen molar-refractivity contribution in [3.8, 4) is 0 Å². The quantitative estimate of drug-likeness (QED) is 0.646. The zero-order valence-corrected chi connectivity index (χ0v) is 11.2. The van der Waals surface area contributed by atoms with Crippen LogP contribution in [-0.4, -0.2) is 28.9 Å². The van der Waals surface area contributed by atoms with Crippen molar-refractivity contribution in [2.24, 2.45) is 11.8 Å². The first-order valence-corrected chi connectivity index (χ1v) is 6.31. The van der Waals surface area contributed by atoms with E-state index in [2.05, 4.69) is 17.3 Å². The number of nitrogens with zero attached hydrogens (tertiary/aromatic N) is 2. The zero-order chi connectivity index (χ0) is 13.3. The van der Waals surface area contributed by atoms with Crippen LogP contribution in [-0.2, 0) is 0 Å². The maximum atomic E-state index is 12.2. The van der Waals surface area contributed by atoms with E-state index in [1.165, 1.54) is 19.0 Å². The smallest absolute Gasteiger partial charge is 0.255 e. The average Bonchev–Trinajstić information content (AvgIpc) is 3.20. The molecule has 1 aliphatic rings. The van der Waals surface area contributed by atoms with E-state index in [1.54, 1.807) is 11.0 Å². The molecule has 0 aliphatic heterocycles. The van der Waals surface area contributed by atoms with E-state index in [4.69, 9.17) is 17.4 Å². The number of pyridine rings is 1. The third kappa shape index (κ3) is 2.57. The van der Waals surface area contributed by atoms with Crippen LogP contribution < -0.4 is 11.3 Å². The molecule has 1 aliphatic carbocycles. The molecular formula is C12H17ClN4O. The first-order chi connectivity index (χ1) is 8.54. The van der Waals surface area contributed by atoms with Crippen LogP contribution in [0.5, 0.6) is 0 Å². The van der Waals surface area contributed by atoms with Gasteiger partial charge in [-0.3, -0.25) is 4.79 Å². The summed E-state index contributed by atoms with van der Waals surface area (Å²) in [5.41, 5.74) is 2.85. The van der Waals surface area contributed by atoms with Crippen LogP contribution in [0, 0.1) is 5.92 Å². The van der Waals surface area contributed by atoms with E-state index in [-0.39, 0.29) is 11.9 Å². The van der Waals surface area contributed by atoms with Crippen molar-refractivity contribution in [2.45, 2.75) is 25.8 Å². The van der Waals surface area contributed by atoms with Crippen LogP contribution in [0.2, 0.25) is 5.02 Å². The van der Waals surface area contributed by atoms with Crippen LogP contribution in [0.1, 0.15) is 30.1 Å². The summed E-state index contributed by atoms with van der Waals surface area (Å²) < 4.78 is 0. The van der Waals surface area contributed by atoms with Crippen molar-refractivity contribution in [3.05, 3.63) is 22.8 Å². The van der Waals surface area contributed by atoms with Crippen molar-refractivity contribution >= 4 is 23.3 Å². The maximum absolute atomic E-state index is 12.2. The van der Waals surface area contributed by atoms with Gasteiger partial charge in [0.05, 0.1) is 10.6 Å². The van der Waals surface area contributed by atoms with Crippen LogP contribution in [0.4, 0.5) is 5.82 Å². The molecule has 0 saturated heterocycles. The molecule has 1 aromatic heterocycles. The number of hydrogen-bond acceptors (Lipinski definition) is 4. The number of aromatic nitrogens is 1. The van der Waals surface area contributed by atoms with Gasteiger partial charge < -0.3 is 10.3 Å². The third-order valence-electron chi connectivity index (χ3n) is 3.46. The minimum Gasteiger partial charge on any atom is -0.339 e. The summed E-state index contributed by atoms with van der Waals surface area (Å²) in [6.07, 6.45) is 3.89. The van der Waals surface area contributed by atoms with Gasteiger partial charge in [0.2, 0.25) is 0 Å². The number of carbonyl (C=O) groups excluding carboxylic acids is 1. The Bertz CT molecular complexity index is 461. The fourth-order valence-electron chi connectivity index (χ4n) is 1.94. The number of hydrogen-bond donors (Lipinski definition) is 2. The number of amides is 1. The Morgan fingerprint density at radius 1 is 1.67 bits per heavy atom. The van der Waals surface area contributed by atoms with Gasteiger partial charge in [0.25, 0.3) is 5.91 Å². The van der Waals surface area contributed by atoms with E-state index in [9.17, 15) is 4.79 Å².